The van der Waals surface area contributed by atoms with Crippen LogP contribution in [0.5, 0.6) is 11.5 Å². The van der Waals surface area contributed by atoms with Gasteiger partial charge in [0.05, 0.1) is 0 Å². The summed E-state index contributed by atoms with van der Waals surface area (Å²) in [4.78, 5) is 15.4. The van der Waals surface area contributed by atoms with Gasteiger partial charge in [-0.3, -0.25) is 4.98 Å². The average Bonchev–Trinajstić information content (AvgIpc) is 3.19. The number of pyridine rings is 1. The molecule has 7 heteroatoms. The molecule has 0 atom stereocenters. The molecule has 3 heterocycles. The van der Waals surface area contributed by atoms with Crippen LogP contribution in [0.1, 0.15) is 16.8 Å². The minimum atomic E-state index is 0.284. The van der Waals surface area contributed by atoms with Crippen molar-refractivity contribution in [3.63, 3.8) is 0 Å². The van der Waals surface area contributed by atoms with Crippen LogP contribution >= 0.6 is 0 Å². The molecule has 1 aliphatic rings. The van der Waals surface area contributed by atoms with Gasteiger partial charge < -0.3 is 19.7 Å². The molecule has 0 radical (unpaired) electrons. The van der Waals surface area contributed by atoms with Gasteiger partial charge in [-0.25, -0.2) is 4.98 Å². The third-order valence-corrected chi connectivity index (χ3v) is 4.58. The molecule has 4 rings (SSSR count). The molecular weight excluding hydrogens is 354 g/mol. The molecule has 2 aromatic heterocycles. The summed E-state index contributed by atoms with van der Waals surface area (Å²) in [6, 6.07) is 12.0. The lowest BCUT2D eigenvalue weighted by Crippen LogP contribution is -2.23. The van der Waals surface area contributed by atoms with E-state index in [1.807, 2.05) is 62.8 Å². The van der Waals surface area contributed by atoms with E-state index in [1.165, 1.54) is 5.56 Å². The molecule has 0 unspecified atom stereocenters. The molecule has 0 saturated carbocycles. The number of benzene rings is 1. The Bertz CT molecular complexity index is 949. The smallest absolute Gasteiger partial charge is 0.231 e. The number of likely N-dealkylation sites (N-methyl/N-ethyl adjacent to an activating group) is 1. The molecule has 0 aliphatic carbocycles. The highest BCUT2D eigenvalue weighted by Crippen LogP contribution is 2.32. The second-order valence-corrected chi connectivity index (χ2v) is 6.76. The fourth-order valence-corrected chi connectivity index (χ4v) is 3.00. The molecule has 3 aromatic rings. The van der Waals surface area contributed by atoms with Gasteiger partial charge in [0.2, 0.25) is 12.7 Å². The van der Waals surface area contributed by atoms with Crippen LogP contribution in [0.2, 0.25) is 0 Å². The summed E-state index contributed by atoms with van der Waals surface area (Å²) in [5.74, 6) is 3.09. The predicted molar refractivity (Wildman–Crippen MR) is 108 cm³/mol. The van der Waals surface area contributed by atoms with Gasteiger partial charge in [0.15, 0.2) is 11.5 Å². The summed E-state index contributed by atoms with van der Waals surface area (Å²) in [6.45, 7) is 3.74. The Morgan fingerprint density at radius 2 is 1.82 bits per heavy atom. The van der Waals surface area contributed by atoms with E-state index in [2.05, 4.69) is 25.2 Å². The molecular formula is C21H23N5O2. The second-order valence-electron chi connectivity index (χ2n) is 6.76. The van der Waals surface area contributed by atoms with Crippen LogP contribution in [-0.4, -0.2) is 35.3 Å². The quantitative estimate of drug-likeness (QED) is 0.678. The maximum Gasteiger partial charge on any atom is 0.231 e. The molecule has 1 N–H and O–H groups in total. The normalized spacial score (nSPS) is 12.1. The van der Waals surface area contributed by atoms with E-state index < -0.39 is 0 Å². The van der Waals surface area contributed by atoms with Gasteiger partial charge in [0.25, 0.3) is 0 Å². The van der Waals surface area contributed by atoms with Crippen LogP contribution in [0, 0.1) is 6.92 Å². The van der Waals surface area contributed by atoms with Crippen LogP contribution in [0.25, 0.3) is 0 Å². The van der Waals surface area contributed by atoms with Crippen molar-refractivity contribution in [2.24, 2.45) is 0 Å². The van der Waals surface area contributed by atoms with E-state index in [0.717, 1.165) is 41.5 Å². The van der Waals surface area contributed by atoms with E-state index in [1.54, 1.807) is 0 Å². The van der Waals surface area contributed by atoms with E-state index >= 15 is 0 Å². The molecule has 0 spiro atoms. The Labute approximate surface area is 164 Å². The van der Waals surface area contributed by atoms with Crippen molar-refractivity contribution in [2.45, 2.75) is 19.9 Å². The van der Waals surface area contributed by atoms with Crippen molar-refractivity contribution >= 4 is 11.8 Å². The van der Waals surface area contributed by atoms with Gasteiger partial charge in [0.1, 0.15) is 5.82 Å². The molecule has 7 nitrogen and oxygen atoms in total. The van der Waals surface area contributed by atoms with Crippen LogP contribution in [0.3, 0.4) is 0 Å². The topological polar surface area (TPSA) is 72.4 Å². The third kappa shape index (κ3) is 4.31. The van der Waals surface area contributed by atoms with Crippen LogP contribution in [0.15, 0.2) is 48.8 Å². The fraction of sp³-hybridized carbons (Fsp3) is 0.286. The monoisotopic (exact) mass is 377 g/mol. The second kappa shape index (κ2) is 8.12. The van der Waals surface area contributed by atoms with Crippen molar-refractivity contribution in [3.05, 3.63) is 65.6 Å². The van der Waals surface area contributed by atoms with Gasteiger partial charge in [-0.1, -0.05) is 6.07 Å². The van der Waals surface area contributed by atoms with Crippen molar-refractivity contribution in [1.82, 2.24) is 15.0 Å². The van der Waals surface area contributed by atoms with Crippen molar-refractivity contribution in [3.8, 4) is 11.5 Å². The van der Waals surface area contributed by atoms with Gasteiger partial charge in [0, 0.05) is 44.3 Å². The van der Waals surface area contributed by atoms with Gasteiger partial charge in [-0.15, -0.1) is 0 Å². The van der Waals surface area contributed by atoms with Crippen molar-refractivity contribution < 1.29 is 9.47 Å². The Morgan fingerprint density at radius 3 is 2.68 bits per heavy atom. The van der Waals surface area contributed by atoms with Crippen LogP contribution < -0.4 is 19.7 Å². The SMILES string of the molecule is Cc1cc(NCc2ccc3c(c2)OCO3)nc(N(C)CCc2ccncc2)n1. The predicted octanol–water partition coefficient (Wildman–Crippen LogP) is 3.20. The van der Waals surface area contributed by atoms with Gasteiger partial charge in [-0.2, -0.15) is 4.98 Å². The lowest BCUT2D eigenvalue weighted by molar-refractivity contribution is 0.174. The lowest BCUT2D eigenvalue weighted by Gasteiger charge is -2.18. The van der Waals surface area contributed by atoms with E-state index in [-0.39, 0.29) is 6.79 Å². The molecule has 0 bridgehead atoms. The first-order valence-corrected chi connectivity index (χ1v) is 9.25. The van der Waals surface area contributed by atoms with Crippen molar-refractivity contribution in [1.29, 1.82) is 0 Å². The largest absolute Gasteiger partial charge is 0.454 e. The Balaban J connectivity index is 1.40. The zero-order valence-electron chi connectivity index (χ0n) is 16.1. The Kier molecular flexibility index (Phi) is 5.23. The maximum atomic E-state index is 5.44. The number of hydrogen-bond donors (Lipinski definition) is 1. The summed E-state index contributed by atoms with van der Waals surface area (Å²) >= 11 is 0. The van der Waals surface area contributed by atoms with Crippen LogP contribution in [-0.2, 0) is 13.0 Å². The number of anilines is 2. The molecule has 1 aromatic carbocycles. The average molecular weight is 377 g/mol. The number of ether oxygens (including phenoxy) is 2. The lowest BCUT2D eigenvalue weighted by atomic mass is 10.2. The number of aromatic nitrogens is 3. The van der Waals surface area contributed by atoms with E-state index in [0.29, 0.717) is 12.5 Å². The van der Waals surface area contributed by atoms with E-state index in [4.69, 9.17) is 9.47 Å². The first-order valence-electron chi connectivity index (χ1n) is 9.25. The summed E-state index contributed by atoms with van der Waals surface area (Å²) < 4.78 is 10.8. The zero-order chi connectivity index (χ0) is 19.3. The third-order valence-electron chi connectivity index (χ3n) is 4.58. The standard InChI is InChI=1S/C21H23N5O2/c1-15-11-20(23-13-17-3-4-18-19(12-17)28-14-27-18)25-21(24-15)26(2)10-7-16-5-8-22-9-6-16/h3-6,8-9,11-12H,7,10,13-14H2,1-2H3,(H,23,24,25). The number of aryl methyl sites for hydroxylation is 1. The maximum absolute atomic E-state index is 5.44. The van der Waals surface area contributed by atoms with Gasteiger partial charge >= 0.3 is 0 Å². The first kappa shape index (κ1) is 18.0. The summed E-state index contributed by atoms with van der Waals surface area (Å²) in [5.41, 5.74) is 3.28. The van der Waals surface area contributed by atoms with Crippen LogP contribution in [0.4, 0.5) is 11.8 Å². The number of fused-ring (bicyclic) bond motifs is 1. The summed E-state index contributed by atoms with van der Waals surface area (Å²) in [6.07, 6.45) is 4.55. The Morgan fingerprint density at radius 1 is 1.00 bits per heavy atom. The fourth-order valence-electron chi connectivity index (χ4n) is 3.00. The Hall–Kier alpha value is -3.35. The molecule has 0 fully saturated rings. The van der Waals surface area contributed by atoms with Gasteiger partial charge in [-0.05, 0) is 48.7 Å². The highest BCUT2D eigenvalue weighted by molar-refractivity contribution is 5.47. The number of rotatable bonds is 7. The first-order chi connectivity index (χ1) is 13.7. The highest BCUT2D eigenvalue weighted by Gasteiger charge is 2.13. The van der Waals surface area contributed by atoms with Crippen molar-refractivity contribution in [2.75, 3.05) is 30.6 Å². The summed E-state index contributed by atoms with van der Waals surface area (Å²) in [7, 11) is 2.01. The minimum Gasteiger partial charge on any atom is -0.454 e. The zero-order valence-corrected chi connectivity index (χ0v) is 16.1. The van der Waals surface area contributed by atoms with E-state index in [9.17, 15) is 0 Å². The highest BCUT2D eigenvalue weighted by atomic mass is 16.7. The molecule has 0 saturated heterocycles. The molecule has 28 heavy (non-hydrogen) atoms. The minimum absolute atomic E-state index is 0.284. The molecule has 144 valence electrons. The summed E-state index contributed by atoms with van der Waals surface area (Å²) in [5, 5.41) is 3.38. The molecule has 0 amide bonds. The number of nitrogens with zero attached hydrogens (tertiary/aromatic N) is 4. The number of nitrogens with one attached hydrogen (secondary N) is 1. The number of hydrogen-bond acceptors (Lipinski definition) is 7. The molecule has 1 aliphatic heterocycles.